The lowest BCUT2D eigenvalue weighted by Gasteiger charge is -2.07. The van der Waals surface area contributed by atoms with Crippen molar-refractivity contribution in [1.82, 2.24) is 9.78 Å². The van der Waals surface area contributed by atoms with Crippen LogP contribution < -0.4 is 0 Å². The van der Waals surface area contributed by atoms with Crippen LogP contribution in [0.4, 0.5) is 13.2 Å². The summed E-state index contributed by atoms with van der Waals surface area (Å²) in [4.78, 5) is 12.1. The van der Waals surface area contributed by atoms with Crippen LogP contribution >= 0.6 is 0 Å². The van der Waals surface area contributed by atoms with E-state index in [2.05, 4.69) is 5.10 Å². The second-order valence-electron chi connectivity index (χ2n) is 4.77. The summed E-state index contributed by atoms with van der Waals surface area (Å²) in [6.07, 6.45) is -4.26. The van der Waals surface area contributed by atoms with E-state index in [1.165, 1.54) is 12.1 Å². The minimum absolute atomic E-state index is 0.125. The molecule has 0 N–H and O–H groups in total. The molecule has 21 heavy (non-hydrogen) atoms. The zero-order chi connectivity index (χ0) is 15.6. The van der Waals surface area contributed by atoms with E-state index in [-0.39, 0.29) is 17.8 Å². The summed E-state index contributed by atoms with van der Waals surface area (Å²) in [6.45, 7) is 4.39. The monoisotopic (exact) mass is 296 g/mol. The molecule has 6 heteroatoms. The van der Waals surface area contributed by atoms with Crippen molar-refractivity contribution in [2.24, 2.45) is 0 Å². The highest BCUT2D eigenvalue weighted by Gasteiger charge is 2.30. The summed E-state index contributed by atoms with van der Waals surface area (Å²) in [6, 6.07) is 6.09. The van der Waals surface area contributed by atoms with Gasteiger partial charge >= 0.3 is 6.18 Å². The molecule has 0 atom stereocenters. The highest BCUT2D eigenvalue weighted by atomic mass is 19.4. The van der Waals surface area contributed by atoms with Crippen LogP contribution in [0.3, 0.4) is 0 Å². The first-order valence-corrected chi connectivity index (χ1v) is 6.55. The van der Waals surface area contributed by atoms with Crippen LogP contribution in [0, 0.1) is 6.92 Å². The molecule has 0 fully saturated rings. The van der Waals surface area contributed by atoms with Crippen molar-refractivity contribution in [3.05, 3.63) is 52.8 Å². The Labute approximate surface area is 120 Å². The summed E-state index contributed by atoms with van der Waals surface area (Å²) in [5, 5.41) is 4.24. The molecule has 0 aliphatic rings. The number of carbonyl (C=O) groups is 1. The van der Waals surface area contributed by atoms with Crippen LogP contribution in [-0.4, -0.2) is 15.6 Å². The van der Waals surface area contributed by atoms with E-state index in [4.69, 9.17) is 0 Å². The maximum Gasteiger partial charge on any atom is 0.416 e. The van der Waals surface area contributed by atoms with Crippen LogP contribution in [0.1, 0.15) is 34.2 Å². The predicted molar refractivity (Wildman–Crippen MR) is 72.1 cm³/mol. The zero-order valence-electron chi connectivity index (χ0n) is 11.7. The molecule has 1 heterocycles. The number of ketones is 1. The van der Waals surface area contributed by atoms with Gasteiger partial charge in [0.05, 0.1) is 17.7 Å². The Morgan fingerprint density at radius 2 is 1.86 bits per heavy atom. The molecule has 0 unspecified atom stereocenters. The summed E-state index contributed by atoms with van der Waals surface area (Å²) in [5.74, 6) is -0.224. The maximum absolute atomic E-state index is 12.5. The Hall–Kier alpha value is -2.11. The Bertz CT molecular complexity index is 642. The molecule has 0 aliphatic carbocycles. The van der Waals surface area contributed by atoms with Gasteiger partial charge in [-0.15, -0.1) is 0 Å². The molecule has 2 rings (SSSR count). The van der Waals surface area contributed by atoms with Crippen LogP contribution in [0.5, 0.6) is 0 Å². The van der Waals surface area contributed by atoms with Gasteiger partial charge in [0.2, 0.25) is 0 Å². The topological polar surface area (TPSA) is 34.9 Å². The number of hydrogen-bond donors (Lipinski definition) is 0. The standard InChI is InChI=1S/C15H15F3N2O/c1-3-20-13(8-10(2)19-20)9-14(21)11-4-6-12(7-5-11)15(16,17)18/h4-8H,3,9H2,1-2H3. The van der Waals surface area contributed by atoms with Gasteiger partial charge in [-0.2, -0.15) is 18.3 Å². The number of aryl methyl sites for hydroxylation is 2. The first-order valence-electron chi connectivity index (χ1n) is 6.55. The van der Waals surface area contributed by atoms with Gasteiger partial charge in [-0.1, -0.05) is 12.1 Å². The third kappa shape index (κ3) is 3.51. The van der Waals surface area contributed by atoms with Gasteiger partial charge in [-0.05, 0) is 32.0 Å². The van der Waals surface area contributed by atoms with E-state index in [1.54, 1.807) is 4.68 Å². The Morgan fingerprint density at radius 1 is 1.24 bits per heavy atom. The maximum atomic E-state index is 12.5. The van der Waals surface area contributed by atoms with Crippen molar-refractivity contribution in [1.29, 1.82) is 0 Å². The van der Waals surface area contributed by atoms with Gasteiger partial charge in [0, 0.05) is 17.8 Å². The molecule has 0 radical (unpaired) electrons. The molecule has 3 nitrogen and oxygen atoms in total. The van der Waals surface area contributed by atoms with Gasteiger partial charge < -0.3 is 0 Å². The van der Waals surface area contributed by atoms with Crippen molar-refractivity contribution in [2.75, 3.05) is 0 Å². The molecule has 1 aromatic carbocycles. The third-order valence-electron chi connectivity index (χ3n) is 3.16. The first kappa shape index (κ1) is 15.3. The van der Waals surface area contributed by atoms with Crippen molar-refractivity contribution in [3.8, 4) is 0 Å². The SMILES string of the molecule is CCn1nc(C)cc1CC(=O)c1ccc(C(F)(F)F)cc1. The van der Waals surface area contributed by atoms with E-state index >= 15 is 0 Å². The fraction of sp³-hybridized carbons (Fsp3) is 0.333. The van der Waals surface area contributed by atoms with E-state index in [0.717, 1.165) is 23.5 Å². The molecule has 112 valence electrons. The zero-order valence-corrected chi connectivity index (χ0v) is 11.7. The van der Waals surface area contributed by atoms with Crippen LogP contribution in [0.25, 0.3) is 0 Å². The smallest absolute Gasteiger partial charge is 0.294 e. The van der Waals surface area contributed by atoms with Crippen molar-refractivity contribution >= 4 is 5.78 Å². The number of carbonyl (C=O) groups excluding carboxylic acids is 1. The van der Waals surface area contributed by atoms with Gasteiger partial charge in [-0.3, -0.25) is 9.48 Å². The van der Waals surface area contributed by atoms with Gasteiger partial charge in [0.1, 0.15) is 0 Å². The summed E-state index contributed by atoms with van der Waals surface area (Å²) < 4.78 is 39.1. The number of halogens is 3. The molecule has 0 saturated heterocycles. The molecule has 0 bridgehead atoms. The molecule has 0 aliphatic heterocycles. The summed E-state index contributed by atoms with van der Waals surface area (Å²) >= 11 is 0. The number of alkyl halides is 3. The minimum atomic E-state index is -4.39. The van der Waals surface area contributed by atoms with Crippen LogP contribution in [-0.2, 0) is 19.1 Å². The van der Waals surface area contributed by atoms with E-state index in [1.807, 2.05) is 19.9 Å². The summed E-state index contributed by atoms with van der Waals surface area (Å²) in [7, 11) is 0. The second kappa shape index (κ2) is 5.71. The second-order valence-corrected chi connectivity index (χ2v) is 4.77. The number of aromatic nitrogens is 2. The summed E-state index contributed by atoms with van der Waals surface area (Å²) in [5.41, 5.74) is 1.09. The Morgan fingerprint density at radius 3 is 2.38 bits per heavy atom. The Balaban J connectivity index is 2.17. The molecule has 0 spiro atoms. The number of nitrogens with zero attached hydrogens (tertiary/aromatic N) is 2. The molecule has 2 aromatic rings. The molecular weight excluding hydrogens is 281 g/mol. The van der Waals surface area contributed by atoms with Crippen molar-refractivity contribution in [2.45, 2.75) is 33.0 Å². The van der Waals surface area contributed by atoms with Crippen LogP contribution in [0.2, 0.25) is 0 Å². The number of benzene rings is 1. The molecule has 0 saturated carbocycles. The van der Waals surface area contributed by atoms with Gasteiger partial charge in [0.25, 0.3) is 0 Å². The van der Waals surface area contributed by atoms with Crippen molar-refractivity contribution < 1.29 is 18.0 Å². The van der Waals surface area contributed by atoms with Gasteiger partial charge in [-0.25, -0.2) is 0 Å². The number of hydrogen-bond acceptors (Lipinski definition) is 2. The van der Waals surface area contributed by atoms with E-state index in [0.29, 0.717) is 6.54 Å². The van der Waals surface area contributed by atoms with Crippen molar-refractivity contribution in [3.63, 3.8) is 0 Å². The largest absolute Gasteiger partial charge is 0.416 e. The Kier molecular flexibility index (Phi) is 4.16. The molecule has 1 aromatic heterocycles. The average Bonchev–Trinajstić information content (AvgIpc) is 2.78. The highest BCUT2D eigenvalue weighted by molar-refractivity contribution is 5.97. The fourth-order valence-corrected chi connectivity index (χ4v) is 2.13. The number of rotatable bonds is 4. The highest BCUT2D eigenvalue weighted by Crippen LogP contribution is 2.29. The molecular formula is C15H15F3N2O. The predicted octanol–water partition coefficient (Wildman–Crippen LogP) is 3.66. The minimum Gasteiger partial charge on any atom is -0.294 e. The quantitative estimate of drug-likeness (QED) is 0.807. The van der Waals surface area contributed by atoms with E-state index < -0.39 is 11.7 Å². The lowest BCUT2D eigenvalue weighted by molar-refractivity contribution is -0.137. The normalized spacial score (nSPS) is 11.7. The first-order chi connectivity index (χ1) is 9.81. The molecule has 0 amide bonds. The van der Waals surface area contributed by atoms with E-state index in [9.17, 15) is 18.0 Å². The van der Waals surface area contributed by atoms with Crippen LogP contribution in [0.15, 0.2) is 30.3 Å². The lowest BCUT2D eigenvalue weighted by atomic mass is 10.0. The fourth-order valence-electron chi connectivity index (χ4n) is 2.13. The average molecular weight is 296 g/mol. The van der Waals surface area contributed by atoms with Gasteiger partial charge in [0.15, 0.2) is 5.78 Å². The lowest BCUT2D eigenvalue weighted by Crippen LogP contribution is -2.10. The third-order valence-corrected chi connectivity index (χ3v) is 3.16. The number of Topliss-reactive ketones (excluding diaryl/α,β-unsaturated/α-hetero) is 1.